The minimum absolute atomic E-state index is 0.273. The van der Waals surface area contributed by atoms with Crippen LogP contribution in [-0.4, -0.2) is 21.2 Å². The number of benzene rings is 2. The molecule has 126 valence electrons. The van der Waals surface area contributed by atoms with Gasteiger partial charge in [-0.15, -0.1) is 0 Å². The third-order valence-corrected chi connectivity index (χ3v) is 3.62. The minimum atomic E-state index is -0.945. The van der Waals surface area contributed by atoms with Crippen molar-refractivity contribution in [2.24, 2.45) is 7.05 Å². The predicted octanol–water partition coefficient (Wildman–Crippen LogP) is 3.18. The lowest BCUT2D eigenvalue weighted by atomic mass is 10.1. The largest absolute Gasteiger partial charge is 0.331 e. The number of nitrogens with zero attached hydrogens (tertiary/aromatic N) is 2. The number of aryl methyl sites for hydroxylation is 1. The molecule has 0 aliphatic carbocycles. The first-order valence-electron chi connectivity index (χ1n) is 7.35. The van der Waals surface area contributed by atoms with Gasteiger partial charge in [-0.1, -0.05) is 6.07 Å². The SMILES string of the molecule is Cn1ccnc1C(=O)c1ccc(NC(=O)c2c(F)cccc2F)cc1. The number of hydrogen-bond acceptors (Lipinski definition) is 3. The first-order valence-corrected chi connectivity index (χ1v) is 7.35. The van der Waals surface area contributed by atoms with Crippen LogP contribution in [0.5, 0.6) is 0 Å². The molecule has 0 atom stereocenters. The van der Waals surface area contributed by atoms with E-state index in [1.54, 1.807) is 17.8 Å². The van der Waals surface area contributed by atoms with Crippen LogP contribution < -0.4 is 5.32 Å². The smallest absolute Gasteiger partial charge is 0.261 e. The number of hydrogen-bond donors (Lipinski definition) is 1. The first-order chi connectivity index (χ1) is 12.0. The summed E-state index contributed by atoms with van der Waals surface area (Å²) in [5.74, 6) is -2.78. The van der Waals surface area contributed by atoms with E-state index in [4.69, 9.17) is 0 Å². The van der Waals surface area contributed by atoms with Crippen LogP contribution in [0.15, 0.2) is 54.9 Å². The number of carbonyl (C=O) groups excluding carboxylic acids is 2. The van der Waals surface area contributed by atoms with Gasteiger partial charge in [0.05, 0.1) is 0 Å². The third-order valence-electron chi connectivity index (χ3n) is 3.62. The quantitative estimate of drug-likeness (QED) is 0.741. The highest BCUT2D eigenvalue weighted by Crippen LogP contribution is 2.17. The number of carbonyl (C=O) groups is 2. The molecule has 0 radical (unpaired) electrons. The summed E-state index contributed by atoms with van der Waals surface area (Å²) in [5, 5.41) is 2.40. The van der Waals surface area contributed by atoms with Crippen molar-refractivity contribution in [2.45, 2.75) is 0 Å². The molecule has 0 bridgehead atoms. The molecule has 1 aromatic heterocycles. The van der Waals surface area contributed by atoms with Crippen molar-refractivity contribution in [1.82, 2.24) is 9.55 Å². The summed E-state index contributed by atoms with van der Waals surface area (Å²) >= 11 is 0. The number of aromatic nitrogens is 2. The lowest BCUT2D eigenvalue weighted by molar-refractivity contribution is 0.101. The maximum absolute atomic E-state index is 13.6. The Hall–Kier alpha value is -3.35. The van der Waals surface area contributed by atoms with Crippen LogP contribution in [0, 0.1) is 11.6 Å². The van der Waals surface area contributed by atoms with Gasteiger partial charge in [0.2, 0.25) is 5.78 Å². The standard InChI is InChI=1S/C18H13F2N3O2/c1-23-10-9-21-17(23)16(24)11-5-7-12(8-6-11)22-18(25)15-13(19)3-2-4-14(15)20/h2-10H,1H3,(H,22,25). The third kappa shape index (κ3) is 3.30. The number of imidazole rings is 1. The normalized spacial score (nSPS) is 10.5. The Morgan fingerprint density at radius 2 is 1.68 bits per heavy atom. The van der Waals surface area contributed by atoms with Gasteiger partial charge in [0.15, 0.2) is 5.82 Å². The molecule has 0 aliphatic heterocycles. The zero-order valence-electron chi connectivity index (χ0n) is 13.2. The van der Waals surface area contributed by atoms with Gasteiger partial charge in [0.1, 0.15) is 17.2 Å². The van der Waals surface area contributed by atoms with Crippen molar-refractivity contribution >= 4 is 17.4 Å². The topological polar surface area (TPSA) is 64.0 Å². The molecule has 1 heterocycles. The second-order valence-corrected chi connectivity index (χ2v) is 5.32. The number of ketones is 1. The first kappa shape index (κ1) is 16.5. The number of rotatable bonds is 4. The van der Waals surface area contributed by atoms with E-state index >= 15 is 0 Å². The van der Waals surface area contributed by atoms with Gasteiger partial charge in [0.25, 0.3) is 5.91 Å². The Balaban J connectivity index is 1.78. The van der Waals surface area contributed by atoms with Gasteiger partial charge < -0.3 is 9.88 Å². The van der Waals surface area contributed by atoms with E-state index in [1.165, 1.54) is 36.5 Å². The van der Waals surface area contributed by atoms with Crippen LogP contribution in [0.25, 0.3) is 0 Å². The Labute approximate surface area is 141 Å². The summed E-state index contributed by atoms with van der Waals surface area (Å²) in [7, 11) is 1.71. The number of anilines is 1. The van der Waals surface area contributed by atoms with Crippen molar-refractivity contribution in [2.75, 3.05) is 5.32 Å². The molecule has 3 aromatic rings. The fourth-order valence-electron chi connectivity index (χ4n) is 2.33. The lowest BCUT2D eigenvalue weighted by Crippen LogP contribution is -2.16. The molecule has 3 rings (SSSR count). The zero-order valence-corrected chi connectivity index (χ0v) is 13.2. The molecule has 1 amide bonds. The molecule has 0 aliphatic rings. The minimum Gasteiger partial charge on any atom is -0.331 e. The lowest BCUT2D eigenvalue weighted by Gasteiger charge is -2.08. The van der Waals surface area contributed by atoms with Crippen molar-refractivity contribution in [3.05, 3.63) is 83.4 Å². The maximum Gasteiger partial charge on any atom is 0.261 e. The maximum atomic E-state index is 13.6. The highest BCUT2D eigenvalue weighted by molar-refractivity contribution is 6.07. The Morgan fingerprint density at radius 3 is 2.24 bits per heavy atom. The van der Waals surface area contributed by atoms with E-state index in [0.29, 0.717) is 11.3 Å². The summed E-state index contributed by atoms with van der Waals surface area (Å²) < 4.78 is 28.8. The molecule has 0 saturated heterocycles. The molecule has 0 unspecified atom stereocenters. The number of nitrogens with one attached hydrogen (secondary N) is 1. The van der Waals surface area contributed by atoms with Gasteiger partial charge in [-0.2, -0.15) is 0 Å². The summed E-state index contributed by atoms with van der Waals surface area (Å²) in [6.45, 7) is 0. The van der Waals surface area contributed by atoms with Crippen LogP contribution in [0.2, 0.25) is 0 Å². The second kappa shape index (κ2) is 6.64. The molecule has 0 fully saturated rings. The van der Waals surface area contributed by atoms with E-state index in [9.17, 15) is 18.4 Å². The van der Waals surface area contributed by atoms with Crippen molar-refractivity contribution in [3.63, 3.8) is 0 Å². The molecule has 0 spiro atoms. The predicted molar refractivity (Wildman–Crippen MR) is 87.4 cm³/mol. The van der Waals surface area contributed by atoms with E-state index in [2.05, 4.69) is 10.3 Å². The van der Waals surface area contributed by atoms with Crippen LogP contribution in [0.4, 0.5) is 14.5 Å². The van der Waals surface area contributed by atoms with E-state index in [-0.39, 0.29) is 11.6 Å². The molecule has 5 nitrogen and oxygen atoms in total. The number of halogens is 2. The van der Waals surface area contributed by atoms with Gasteiger partial charge in [0, 0.05) is 30.7 Å². The summed E-state index contributed by atoms with van der Waals surface area (Å²) in [6, 6.07) is 9.16. The van der Waals surface area contributed by atoms with E-state index in [0.717, 1.165) is 12.1 Å². The van der Waals surface area contributed by atoms with Gasteiger partial charge in [-0.05, 0) is 36.4 Å². The molecule has 7 heteroatoms. The second-order valence-electron chi connectivity index (χ2n) is 5.32. The van der Waals surface area contributed by atoms with Crippen molar-refractivity contribution in [1.29, 1.82) is 0 Å². The monoisotopic (exact) mass is 341 g/mol. The summed E-state index contributed by atoms with van der Waals surface area (Å²) in [5.41, 5.74) is 0.0316. The van der Waals surface area contributed by atoms with Crippen LogP contribution in [0.3, 0.4) is 0 Å². The average Bonchev–Trinajstić information content (AvgIpc) is 3.01. The molecule has 25 heavy (non-hydrogen) atoms. The molecular weight excluding hydrogens is 328 g/mol. The average molecular weight is 341 g/mol. The van der Waals surface area contributed by atoms with E-state index < -0.39 is 23.1 Å². The van der Waals surface area contributed by atoms with Crippen LogP contribution in [0.1, 0.15) is 26.5 Å². The fourth-order valence-corrected chi connectivity index (χ4v) is 2.33. The van der Waals surface area contributed by atoms with Gasteiger partial charge in [-0.25, -0.2) is 13.8 Å². The van der Waals surface area contributed by atoms with Gasteiger partial charge >= 0.3 is 0 Å². The van der Waals surface area contributed by atoms with Crippen molar-refractivity contribution < 1.29 is 18.4 Å². The highest BCUT2D eigenvalue weighted by atomic mass is 19.1. The Kier molecular flexibility index (Phi) is 4.38. The fraction of sp³-hybridized carbons (Fsp3) is 0.0556. The van der Waals surface area contributed by atoms with E-state index in [1.807, 2.05) is 0 Å². The molecular formula is C18H13F2N3O2. The molecule has 1 N–H and O–H groups in total. The van der Waals surface area contributed by atoms with Crippen LogP contribution in [-0.2, 0) is 7.05 Å². The van der Waals surface area contributed by atoms with Crippen molar-refractivity contribution in [3.8, 4) is 0 Å². The highest BCUT2D eigenvalue weighted by Gasteiger charge is 2.18. The van der Waals surface area contributed by atoms with Crippen LogP contribution >= 0.6 is 0 Å². The molecule has 0 saturated carbocycles. The summed E-state index contributed by atoms with van der Waals surface area (Å²) in [4.78, 5) is 28.3. The molecule has 2 aromatic carbocycles. The Bertz CT molecular complexity index is 929. The Morgan fingerprint density at radius 1 is 1.04 bits per heavy atom. The summed E-state index contributed by atoms with van der Waals surface area (Å²) in [6.07, 6.45) is 3.18. The van der Waals surface area contributed by atoms with Gasteiger partial charge in [-0.3, -0.25) is 9.59 Å². The zero-order chi connectivity index (χ0) is 18.0. The number of amides is 1.